The quantitative estimate of drug-likeness (QED) is 0.886. The summed E-state index contributed by atoms with van der Waals surface area (Å²) in [4.78, 5) is 3.26. The minimum Gasteiger partial charge on any atom is -0.419 e. The van der Waals surface area contributed by atoms with Crippen molar-refractivity contribution in [3.05, 3.63) is 23.4 Å². The molecule has 1 aliphatic rings. The third-order valence-corrected chi connectivity index (χ3v) is 4.62. The van der Waals surface area contributed by atoms with E-state index in [2.05, 4.69) is 15.1 Å². The van der Waals surface area contributed by atoms with Gasteiger partial charge >= 0.3 is 0 Å². The molecule has 0 saturated heterocycles. The average Bonchev–Trinajstić information content (AvgIpc) is 3.20. The highest BCUT2D eigenvalue weighted by Crippen LogP contribution is 2.26. The highest BCUT2D eigenvalue weighted by atomic mass is 32.1. The van der Waals surface area contributed by atoms with Crippen molar-refractivity contribution >= 4 is 11.3 Å². The van der Waals surface area contributed by atoms with Crippen LogP contribution < -0.4 is 0 Å². The summed E-state index contributed by atoms with van der Waals surface area (Å²) in [5.41, 5.74) is 0. The van der Waals surface area contributed by atoms with Crippen LogP contribution in [0, 0.1) is 0 Å². The van der Waals surface area contributed by atoms with Gasteiger partial charge in [0.2, 0.25) is 5.89 Å². The Morgan fingerprint density at radius 2 is 2.20 bits per heavy atom. The fraction of sp³-hybridized carbons (Fsp3) is 0.571. The number of rotatable bonds is 6. The van der Waals surface area contributed by atoms with E-state index < -0.39 is 0 Å². The van der Waals surface area contributed by atoms with E-state index >= 15 is 0 Å². The van der Waals surface area contributed by atoms with Crippen molar-refractivity contribution in [3.8, 4) is 10.8 Å². The summed E-state index contributed by atoms with van der Waals surface area (Å²) in [7, 11) is 0. The highest BCUT2D eigenvalue weighted by molar-refractivity contribution is 7.13. The van der Waals surface area contributed by atoms with Gasteiger partial charge in [-0.05, 0) is 24.3 Å². The van der Waals surface area contributed by atoms with Crippen LogP contribution in [0.15, 0.2) is 21.9 Å². The number of nitrogens with zero attached hydrogens (tertiary/aromatic N) is 3. The molecule has 6 heteroatoms. The zero-order valence-corrected chi connectivity index (χ0v) is 12.2. The van der Waals surface area contributed by atoms with Gasteiger partial charge < -0.3 is 9.52 Å². The maximum Gasteiger partial charge on any atom is 0.257 e. The molecule has 5 nitrogen and oxygen atoms in total. The molecule has 1 fully saturated rings. The van der Waals surface area contributed by atoms with Gasteiger partial charge in [0.25, 0.3) is 5.89 Å². The molecule has 1 N–H and O–H groups in total. The Balaban J connectivity index is 1.68. The maximum atomic E-state index is 9.22. The molecule has 20 heavy (non-hydrogen) atoms. The zero-order chi connectivity index (χ0) is 13.8. The Bertz CT molecular complexity index is 520. The number of aromatic nitrogens is 2. The second-order valence-electron chi connectivity index (χ2n) is 5.11. The first-order chi connectivity index (χ1) is 9.86. The molecule has 0 aliphatic heterocycles. The van der Waals surface area contributed by atoms with Crippen LogP contribution in [-0.4, -0.2) is 39.4 Å². The smallest absolute Gasteiger partial charge is 0.257 e. The highest BCUT2D eigenvalue weighted by Gasteiger charge is 2.24. The van der Waals surface area contributed by atoms with Gasteiger partial charge in [-0.1, -0.05) is 18.9 Å². The van der Waals surface area contributed by atoms with Crippen LogP contribution in [0.25, 0.3) is 10.8 Å². The Labute approximate surface area is 122 Å². The fourth-order valence-electron chi connectivity index (χ4n) is 2.78. The van der Waals surface area contributed by atoms with Crippen molar-refractivity contribution in [3.63, 3.8) is 0 Å². The average molecular weight is 293 g/mol. The largest absolute Gasteiger partial charge is 0.419 e. The molecule has 2 heterocycles. The van der Waals surface area contributed by atoms with E-state index in [1.54, 1.807) is 11.3 Å². The summed E-state index contributed by atoms with van der Waals surface area (Å²) in [6, 6.07) is 4.49. The molecule has 0 aromatic carbocycles. The van der Waals surface area contributed by atoms with Crippen molar-refractivity contribution in [2.75, 3.05) is 13.2 Å². The van der Waals surface area contributed by atoms with Crippen LogP contribution in [0.5, 0.6) is 0 Å². The number of hydrogen-bond acceptors (Lipinski definition) is 6. The van der Waals surface area contributed by atoms with Gasteiger partial charge in [0.1, 0.15) is 0 Å². The predicted octanol–water partition coefficient (Wildman–Crippen LogP) is 2.54. The monoisotopic (exact) mass is 293 g/mol. The van der Waals surface area contributed by atoms with Crippen molar-refractivity contribution in [1.82, 2.24) is 15.1 Å². The Morgan fingerprint density at radius 3 is 2.90 bits per heavy atom. The summed E-state index contributed by atoms with van der Waals surface area (Å²) in [6.45, 7) is 1.47. The van der Waals surface area contributed by atoms with Crippen molar-refractivity contribution < 1.29 is 9.52 Å². The molecular formula is C14H19N3O2S. The van der Waals surface area contributed by atoms with Gasteiger partial charge in [-0.25, -0.2) is 0 Å². The Kier molecular flexibility index (Phi) is 4.44. The van der Waals surface area contributed by atoms with E-state index in [1.807, 2.05) is 17.5 Å². The topological polar surface area (TPSA) is 62.4 Å². The molecule has 0 spiro atoms. The predicted molar refractivity (Wildman–Crippen MR) is 77.4 cm³/mol. The van der Waals surface area contributed by atoms with Crippen molar-refractivity contribution in [2.24, 2.45) is 0 Å². The third-order valence-electron chi connectivity index (χ3n) is 3.77. The number of aliphatic hydroxyl groups excluding tert-OH is 1. The zero-order valence-electron chi connectivity index (χ0n) is 11.4. The van der Waals surface area contributed by atoms with Gasteiger partial charge in [-0.2, -0.15) is 0 Å². The number of hydrogen-bond donors (Lipinski definition) is 1. The van der Waals surface area contributed by atoms with E-state index in [0.717, 1.165) is 4.88 Å². The fourth-order valence-corrected chi connectivity index (χ4v) is 3.42. The lowest BCUT2D eigenvalue weighted by molar-refractivity contribution is 0.134. The van der Waals surface area contributed by atoms with E-state index in [4.69, 9.17) is 4.42 Å². The third kappa shape index (κ3) is 3.08. The first-order valence-corrected chi connectivity index (χ1v) is 7.96. The van der Waals surface area contributed by atoms with Crippen molar-refractivity contribution in [2.45, 2.75) is 38.3 Å². The second kappa shape index (κ2) is 6.47. The molecule has 1 aliphatic carbocycles. The summed E-state index contributed by atoms with van der Waals surface area (Å²) >= 11 is 1.59. The lowest BCUT2D eigenvalue weighted by atomic mass is 10.2. The van der Waals surface area contributed by atoms with Crippen LogP contribution in [0.3, 0.4) is 0 Å². The van der Waals surface area contributed by atoms with E-state index in [0.29, 0.717) is 30.9 Å². The Morgan fingerprint density at radius 1 is 1.35 bits per heavy atom. The van der Waals surface area contributed by atoms with Gasteiger partial charge in [-0.15, -0.1) is 21.5 Å². The van der Waals surface area contributed by atoms with Crippen LogP contribution in [0.2, 0.25) is 0 Å². The molecular weight excluding hydrogens is 274 g/mol. The second-order valence-corrected chi connectivity index (χ2v) is 6.06. The molecule has 0 amide bonds. The van der Waals surface area contributed by atoms with Crippen LogP contribution in [0.4, 0.5) is 0 Å². The number of thiophene rings is 1. The molecule has 0 radical (unpaired) electrons. The minimum absolute atomic E-state index is 0.169. The van der Waals surface area contributed by atoms with E-state index in [9.17, 15) is 5.11 Å². The van der Waals surface area contributed by atoms with Gasteiger partial charge in [-0.3, -0.25) is 4.90 Å². The normalized spacial score (nSPS) is 16.3. The lowest BCUT2D eigenvalue weighted by Crippen LogP contribution is -2.35. The first kappa shape index (κ1) is 13.7. The Hall–Kier alpha value is -1.24. The molecule has 0 unspecified atom stereocenters. The van der Waals surface area contributed by atoms with Crippen LogP contribution in [0.1, 0.15) is 31.6 Å². The minimum atomic E-state index is 0.169. The summed E-state index contributed by atoms with van der Waals surface area (Å²) < 4.78 is 5.73. The van der Waals surface area contributed by atoms with Crippen molar-refractivity contribution in [1.29, 1.82) is 0 Å². The molecule has 3 rings (SSSR count). The summed E-state index contributed by atoms with van der Waals surface area (Å²) in [5, 5.41) is 19.5. The SMILES string of the molecule is OCCN(Cc1nnc(-c2cccs2)o1)C1CCCC1. The van der Waals surface area contributed by atoms with E-state index in [1.165, 1.54) is 25.7 Å². The first-order valence-electron chi connectivity index (χ1n) is 7.08. The van der Waals surface area contributed by atoms with Gasteiger partial charge in [0.15, 0.2) is 0 Å². The standard InChI is InChI=1S/C14H19N3O2S/c18-8-7-17(11-4-1-2-5-11)10-13-15-16-14(19-13)12-6-3-9-20-12/h3,6,9,11,18H,1-2,4-5,7-8,10H2. The van der Waals surface area contributed by atoms with Crippen LogP contribution >= 0.6 is 11.3 Å². The molecule has 0 bridgehead atoms. The molecule has 2 aromatic rings. The molecule has 2 aromatic heterocycles. The van der Waals surface area contributed by atoms with Gasteiger partial charge in [0.05, 0.1) is 18.0 Å². The maximum absolute atomic E-state index is 9.22. The lowest BCUT2D eigenvalue weighted by Gasteiger charge is -2.26. The molecule has 108 valence electrons. The molecule has 1 saturated carbocycles. The van der Waals surface area contributed by atoms with Gasteiger partial charge in [0, 0.05) is 12.6 Å². The number of aliphatic hydroxyl groups is 1. The molecule has 0 atom stereocenters. The van der Waals surface area contributed by atoms with Crippen LogP contribution in [-0.2, 0) is 6.54 Å². The summed E-state index contributed by atoms with van der Waals surface area (Å²) in [5.74, 6) is 1.22. The van der Waals surface area contributed by atoms with E-state index in [-0.39, 0.29) is 6.61 Å². The summed E-state index contributed by atoms with van der Waals surface area (Å²) in [6.07, 6.45) is 4.95.